The topological polar surface area (TPSA) is 90.5 Å². The van der Waals surface area contributed by atoms with Crippen LogP contribution < -0.4 is 9.47 Å². The summed E-state index contributed by atoms with van der Waals surface area (Å²) in [5, 5.41) is 13.5. The van der Waals surface area contributed by atoms with E-state index in [9.17, 15) is 5.11 Å². The van der Waals surface area contributed by atoms with E-state index < -0.39 is 0 Å². The number of pyridine rings is 1. The minimum atomic E-state index is 0.215. The number of benzene rings is 2. The molecule has 0 amide bonds. The predicted octanol–water partition coefficient (Wildman–Crippen LogP) is 4.19. The van der Waals surface area contributed by atoms with Gasteiger partial charge in [0.1, 0.15) is 5.75 Å². The number of nitrogens with zero attached hydrogens (tertiary/aromatic N) is 3. The standard InChI is InChI=1S/C21H17N3O4/c1-26-18-5-3-4-16(19(18)27-2)20-23-21(28-24-20)14-8-11-17(22-12-14)13-6-9-15(25)10-7-13/h3-12,25H,1-2H3. The smallest absolute Gasteiger partial charge is 0.259 e. The fourth-order valence-corrected chi connectivity index (χ4v) is 2.84. The average Bonchev–Trinajstić information content (AvgIpc) is 3.24. The molecule has 2 heterocycles. The summed E-state index contributed by atoms with van der Waals surface area (Å²) in [5.41, 5.74) is 3.04. The van der Waals surface area contributed by atoms with Gasteiger partial charge in [-0.05, 0) is 48.5 Å². The van der Waals surface area contributed by atoms with Crippen LogP contribution in [0.3, 0.4) is 0 Å². The first-order valence-electron chi connectivity index (χ1n) is 8.50. The summed E-state index contributed by atoms with van der Waals surface area (Å²) in [5.74, 6) is 2.09. The number of methoxy groups -OCH3 is 2. The SMILES string of the molecule is COc1cccc(-c2noc(-c3ccc(-c4ccc(O)cc4)nc3)n2)c1OC. The molecule has 7 nitrogen and oxygen atoms in total. The quantitative estimate of drug-likeness (QED) is 0.559. The zero-order valence-electron chi connectivity index (χ0n) is 15.3. The van der Waals surface area contributed by atoms with Gasteiger partial charge >= 0.3 is 0 Å². The summed E-state index contributed by atoms with van der Waals surface area (Å²) in [7, 11) is 3.14. The molecule has 0 bridgehead atoms. The van der Waals surface area contributed by atoms with Gasteiger partial charge in [-0.2, -0.15) is 4.98 Å². The van der Waals surface area contributed by atoms with E-state index in [0.717, 1.165) is 11.3 Å². The zero-order valence-corrected chi connectivity index (χ0v) is 15.3. The first-order valence-corrected chi connectivity index (χ1v) is 8.50. The predicted molar refractivity (Wildman–Crippen MR) is 103 cm³/mol. The molecule has 4 rings (SSSR count). The highest BCUT2D eigenvalue weighted by molar-refractivity contribution is 5.70. The summed E-state index contributed by atoms with van der Waals surface area (Å²) < 4.78 is 16.2. The van der Waals surface area contributed by atoms with Gasteiger partial charge in [0, 0.05) is 11.8 Å². The Bertz CT molecular complexity index is 1090. The molecule has 0 saturated heterocycles. The van der Waals surface area contributed by atoms with Gasteiger partial charge in [-0.15, -0.1) is 0 Å². The highest BCUT2D eigenvalue weighted by Crippen LogP contribution is 2.37. The van der Waals surface area contributed by atoms with E-state index in [1.165, 1.54) is 0 Å². The molecule has 4 aromatic rings. The molecular formula is C21H17N3O4. The first kappa shape index (κ1) is 17.5. The highest BCUT2D eigenvalue weighted by atomic mass is 16.5. The molecule has 0 atom stereocenters. The number of hydrogen-bond acceptors (Lipinski definition) is 7. The lowest BCUT2D eigenvalue weighted by molar-refractivity contribution is 0.355. The van der Waals surface area contributed by atoms with E-state index in [0.29, 0.717) is 34.3 Å². The van der Waals surface area contributed by atoms with Crippen molar-refractivity contribution in [3.63, 3.8) is 0 Å². The van der Waals surface area contributed by atoms with Crippen LogP contribution in [0.1, 0.15) is 0 Å². The van der Waals surface area contributed by atoms with E-state index in [4.69, 9.17) is 14.0 Å². The average molecular weight is 375 g/mol. The van der Waals surface area contributed by atoms with Crippen molar-refractivity contribution >= 4 is 0 Å². The second kappa shape index (κ2) is 7.40. The van der Waals surface area contributed by atoms with Crippen LogP contribution in [0, 0.1) is 0 Å². The molecular weight excluding hydrogens is 358 g/mol. The largest absolute Gasteiger partial charge is 0.508 e. The molecule has 0 radical (unpaired) electrons. The monoisotopic (exact) mass is 375 g/mol. The second-order valence-electron chi connectivity index (χ2n) is 5.94. The Morgan fingerprint density at radius 3 is 2.36 bits per heavy atom. The lowest BCUT2D eigenvalue weighted by atomic mass is 10.1. The van der Waals surface area contributed by atoms with Gasteiger partial charge in [0.25, 0.3) is 5.89 Å². The third-order valence-electron chi connectivity index (χ3n) is 4.24. The Hall–Kier alpha value is -3.87. The van der Waals surface area contributed by atoms with Gasteiger partial charge in [-0.1, -0.05) is 11.2 Å². The van der Waals surface area contributed by atoms with Crippen molar-refractivity contribution in [2.24, 2.45) is 0 Å². The Morgan fingerprint density at radius 1 is 0.893 bits per heavy atom. The van der Waals surface area contributed by atoms with Crippen molar-refractivity contribution in [3.05, 3.63) is 60.8 Å². The number of aromatic nitrogens is 3. The molecule has 0 spiro atoms. The van der Waals surface area contributed by atoms with E-state index in [2.05, 4.69) is 15.1 Å². The van der Waals surface area contributed by atoms with Gasteiger partial charge in [0.15, 0.2) is 11.5 Å². The molecule has 140 valence electrons. The fraction of sp³-hybridized carbons (Fsp3) is 0.0952. The molecule has 0 saturated carbocycles. The third kappa shape index (κ3) is 3.25. The number of para-hydroxylation sites is 1. The number of aromatic hydroxyl groups is 1. The van der Waals surface area contributed by atoms with Crippen LogP contribution in [0.15, 0.2) is 65.3 Å². The Balaban J connectivity index is 1.64. The van der Waals surface area contributed by atoms with Crippen LogP contribution in [0.4, 0.5) is 0 Å². The molecule has 7 heteroatoms. The van der Waals surface area contributed by atoms with Crippen LogP contribution >= 0.6 is 0 Å². The van der Waals surface area contributed by atoms with Crippen molar-refractivity contribution in [2.45, 2.75) is 0 Å². The van der Waals surface area contributed by atoms with Crippen molar-refractivity contribution in [1.82, 2.24) is 15.1 Å². The summed E-state index contributed by atoms with van der Waals surface area (Å²) in [6.07, 6.45) is 1.67. The zero-order chi connectivity index (χ0) is 19.5. The van der Waals surface area contributed by atoms with Crippen molar-refractivity contribution in [3.8, 4) is 51.3 Å². The fourth-order valence-electron chi connectivity index (χ4n) is 2.84. The van der Waals surface area contributed by atoms with Crippen LogP contribution in [0.2, 0.25) is 0 Å². The first-order chi connectivity index (χ1) is 13.7. The number of phenolic OH excluding ortho intramolecular Hbond substituents is 1. The third-order valence-corrected chi connectivity index (χ3v) is 4.24. The molecule has 0 aliphatic heterocycles. The minimum absolute atomic E-state index is 0.215. The normalized spacial score (nSPS) is 10.6. The van der Waals surface area contributed by atoms with Crippen molar-refractivity contribution in [2.75, 3.05) is 14.2 Å². The number of rotatable bonds is 5. The van der Waals surface area contributed by atoms with Crippen molar-refractivity contribution < 1.29 is 19.1 Å². The second-order valence-corrected chi connectivity index (χ2v) is 5.94. The van der Waals surface area contributed by atoms with Crippen LogP contribution in [-0.4, -0.2) is 34.5 Å². The maximum atomic E-state index is 9.40. The summed E-state index contributed by atoms with van der Waals surface area (Å²) in [6.45, 7) is 0. The molecule has 0 aliphatic rings. The lowest BCUT2D eigenvalue weighted by Crippen LogP contribution is -1.94. The van der Waals surface area contributed by atoms with E-state index in [1.54, 1.807) is 50.7 Å². The van der Waals surface area contributed by atoms with Crippen molar-refractivity contribution in [1.29, 1.82) is 0 Å². The maximum absolute atomic E-state index is 9.40. The highest BCUT2D eigenvalue weighted by Gasteiger charge is 2.17. The minimum Gasteiger partial charge on any atom is -0.508 e. The molecule has 2 aromatic carbocycles. The van der Waals surface area contributed by atoms with Crippen LogP contribution in [0.5, 0.6) is 17.2 Å². The summed E-state index contributed by atoms with van der Waals surface area (Å²) in [4.78, 5) is 8.91. The lowest BCUT2D eigenvalue weighted by Gasteiger charge is -2.09. The van der Waals surface area contributed by atoms with Gasteiger partial charge in [0.05, 0.1) is 31.0 Å². The number of hydrogen-bond donors (Lipinski definition) is 1. The molecule has 28 heavy (non-hydrogen) atoms. The molecule has 1 N–H and O–H groups in total. The number of ether oxygens (including phenoxy) is 2. The maximum Gasteiger partial charge on any atom is 0.259 e. The molecule has 0 fully saturated rings. The molecule has 2 aromatic heterocycles. The Labute approximate surface area is 161 Å². The van der Waals surface area contributed by atoms with Gasteiger partial charge < -0.3 is 19.1 Å². The number of phenols is 1. The van der Waals surface area contributed by atoms with Gasteiger partial charge in [-0.3, -0.25) is 4.98 Å². The van der Waals surface area contributed by atoms with E-state index in [1.807, 2.05) is 24.3 Å². The van der Waals surface area contributed by atoms with Crippen LogP contribution in [0.25, 0.3) is 34.1 Å². The van der Waals surface area contributed by atoms with E-state index in [-0.39, 0.29) is 5.75 Å². The molecule has 0 aliphatic carbocycles. The summed E-state index contributed by atoms with van der Waals surface area (Å²) >= 11 is 0. The van der Waals surface area contributed by atoms with Crippen LogP contribution in [-0.2, 0) is 0 Å². The Kier molecular flexibility index (Phi) is 4.63. The Morgan fingerprint density at radius 2 is 1.68 bits per heavy atom. The van der Waals surface area contributed by atoms with Gasteiger partial charge in [-0.25, -0.2) is 0 Å². The van der Waals surface area contributed by atoms with E-state index >= 15 is 0 Å². The molecule has 0 unspecified atom stereocenters. The summed E-state index contributed by atoms with van der Waals surface area (Å²) in [6, 6.07) is 16.0. The van der Waals surface area contributed by atoms with Gasteiger partial charge in [0.2, 0.25) is 5.82 Å².